The second-order valence-electron chi connectivity index (χ2n) is 8.07. The van der Waals surface area contributed by atoms with Gasteiger partial charge in [-0.15, -0.1) is 0 Å². The minimum Gasteiger partial charge on any atom is -0.369 e. The first kappa shape index (κ1) is 24.4. The van der Waals surface area contributed by atoms with Crippen molar-refractivity contribution in [2.75, 3.05) is 51.9 Å². The number of nitrogens with one attached hydrogen (secondary N) is 2. The summed E-state index contributed by atoms with van der Waals surface area (Å²) in [5.74, 6) is 0.470. The van der Waals surface area contributed by atoms with E-state index in [1.165, 1.54) is 17.0 Å². The van der Waals surface area contributed by atoms with Crippen molar-refractivity contribution in [2.45, 2.75) is 6.42 Å². The quantitative estimate of drug-likeness (QED) is 0.440. The lowest BCUT2D eigenvalue weighted by Crippen LogP contribution is -2.21. The molecule has 0 unspecified atom stereocenters. The number of amides is 1. The minimum absolute atomic E-state index is 0.0195. The fraction of sp³-hybridized carbons (Fsp3) is 0.292. The second kappa shape index (κ2) is 11.1. The smallest absolute Gasteiger partial charge is 0.253 e. The van der Waals surface area contributed by atoms with Gasteiger partial charge in [-0.25, -0.2) is 9.37 Å². The molecule has 0 fully saturated rings. The molecule has 1 heterocycles. The molecule has 0 bridgehead atoms. The number of carbonyl (C=O) groups is 1. The highest BCUT2D eigenvalue weighted by Crippen LogP contribution is 2.29. The van der Waals surface area contributed by atoms with E-state index in [1.807, 2.05) is 26.2 Å². The Morgan fingerprint density at radius 3 is 2.45 bits per heavy atom. The molecule has 7 nitrogen and oxygen atoms in total. The summed E-state index contributed by atoms with van der Waals surface area (Å²) >= 11 is 5.88. The Labute approximate surface area is 198 Å². The Morgan fingerprint density at radius 1 is 1.09 bits per heavy atom. The van der Waals surface area contributed by atoms with E-state index >= 15 is 0 Å². The van der Waals surface area contributed by atoms with Gasteiger partial charge in [-0.1, -0.05) is 23.7 Å². The number of aromatic nitrogens is 2. The highest BCUT2D eigenvalue weighted by molar-refractivity contribution is 6.31. The predicted molar refractivity (Wildman–Crippen MR) is 132 cm³/mol. The highest BCUT2D eigenvalue weighted by Gasteiger charge is 2.13. The van der Waals surface area contributed by atoms with Crippen LogP contribution in [0.5, 0.6) is 0 Å². The molecule has 1 aromatic heterocycles. The van der Waals surface area contributed by atoms with Crippen LogP contribution < -0.4 is 10.6 Å². The molecule has 0 saturated carbocycles. The lowest BCUT2D eigenvalue weighted by atomic mass is 10.1. The zero-order valence-corrected chi connectivity index (χ0v) is 19.9. The predicted octanol–water partition coefficient (Wildman–Crippen LogP) is 4.75. The fourth-order valence-corrected chi connectivity index (χ4v) is 3.32. The van der Waals surface area contributed by atoms with Crippen LogP contribution in [0.1, 0.15) is 16.8 Å². The summed E-state index contributed by atoms with van der Waals surface area (Å²) < 4.78 is 13.5. The molecule has 3 aromatic rings. The molecule has 33 heavy (non-hydrogen) atoms. The Kier molecular flexibility index (Phi) is 8.19. The van der Waals surface area contributed by atoms with Gasteiger partial charge >= 0.3 is 0 Å². The molecule has 0 aliphatic rings. The lowest BCUT2D eigenvalue weighted by molar-refractivity contribution is 0.0827. The minimum atomic E-state index is -0.488. The molecular formula is C24H28ClFN6O. The molecule has 9 heteroatoms. The number of rotatable bonds is 9. The molecule has 0 atom stereocenters. The summed E-state index contributed by atoms with van der Waals surface area (Å²) in [4.78, 5) is 24.9. The van der Waals surface area contributed by atoms with Gasteiger partial charge in [-0.05, 0) is 63.0 Å². The van der Waals surface area contributed by atoms with Crippen molar-refractivity contribution in [1.82, 2.24) is 19.8 Å². The van der Waals surface area contributed by atoms with Gasteiger partial charge in [-0.3, -0.25) is 4.79 Å². The summed E-state index contributed by atoms with van der Waals surface area (Å²) in [5, 5.41) is 6.47. The molecule has 2 aromatic carbocycles. The zero-order chi connectivity index (χ0) is 24.0. The van der Waals surface area contributed by atoms with Crippen molar-refractivity contribution in [3.8, 4) is 11.1 Å². The van der Waals surface area contributed by atoms with Crippen LogP contribution in [0, 0.1) is 5.82 Å². The molecule has 0 spiro atoms. The maximum atomic E-state index is 13.5. The molecule has 0 aliphatic heterocycles. The summed E-state index contributed by atoms with van der Waals surface area (Å²) in [6.45, 7) is 1.66. The second-order valence-corrected chi connectivity index (χ2v) is 8.48. The number of hydrogen-bond acceptors (Lipinski definition) is 6. The van der Waals surface area contributed by atoms with E-state index < -0.39 is 5.82 Å². The van der Waals surface area contributed by atoms with Crippen LogP contribution in [-0.4, -0.2) is 67.0 Å². The van der Waals surface area contributed by atoms with Crippen molar-refractivity contribution < 1.29 is 9.18 Å². The van der Waals surface area contributed by atoms with E-state index in [2.05, 4.69) is 25.5 Å². The van der Waals surface area contributed by atoms with E-state index in [0.29, 0.717) is 23.0 Å². The van der Waals surface area contributed by atoms with E-state index in [4.69, 9.17) is 11.6 Å². The van der Waals surface area contributed by atoms with Gasteiger partial charge in [-0.2, -0.15) is 4.98 Å². The fourth-order valence-electron chi connectivity index (χ4n) is 3.14. The molecule has 0 aliphatic carbocycles. The number of nitrogens with zero attached hydrogens (tertiary/aromatic N) is 4. The van der Waals surface area contributed by atoms with Crippen molar-refractivity contribution in [3.63, 3.8) is 0 Å². The van der Waals surface area contributed by atoms with E-state index in [9.17, 15) is 9.18 Å². The first-order chi connectivity index (χ1) is 15.7. The third-order valence-corrected chi connectivity index (χ3v) is 5.18. The molecule has 0 saturated heterocycles. The average molecular weight is 471 g/mol. The Bertz CT molecular complexity index is 1100. The average Bonchev–Trinajstić information content (AvgIpc) is 2.79. The van der Waals surface area contributed by atoms with Gasteiger partial charge in [0.2, 0.25) is 5.95 Å². The van der Waals surface area contributed by atoms with Gasteiger partial charge in [0, 0.05) is 43.7 Å². The largest absolute Gasteiger partial charge is 0.369 e. The highest BCUT2D eigenvalue weighted by atomic mass is 35.5. The molecule has 3 rings (SSSR count). The normalized spacial score (nSPS) is 10.9. The molecule has 1 amide bonds. The van der Waals surface area contributed by atoms with Gasteiger partial charge in [0.25, 0.3) is 5.91 Å². The van der Waals surface area contributed by atoms with Crippen LogP contribution >= 0.6 is 11.6 Å². The number of benzene rings is 2. The van der Waals surface area contributed by atoms with Crippen LogP contribution in [0.4, 0.5) is 21.8 Å². The van der Waals surface area contributed by atoms with Crippen LogP contribution in [0.25, 0.3) is 11.1 Å². The van der Waals surface area contributed by atoms with E-state index in [0.717, 1.165) is 30.6 Å². The van der Waals surface area contributed by atoms with Gasteiger partial charge < -0.3 is 20.4 Å². The summed E-state index contributed by atoms with van der Waals surface area (Å²) in [6.07, 6.45) is 2.65. The third-order valence-electron chi connectivity index (χ3n) is 4.89. The van der Waals surface area contributed by atoms with Crippen molar-refractivity contribution in [1.29, 1.82) is 0 Å². The van der Waals surface area contributed by atoms with Crippen molar-refractivity contribution in [2.24, 2.45) is 0 Å². The third kappa shape index (κ3) is 6.63. The maximum absolute atomic E-state index is 13.5. The Hall–Kier alpha value is -3.23. The summed E-state index contributed by atoms with van der Waals surface area (Å²) in [7, 11) is 7.50. The van der Waals surface area contributed by atoms with Crippen LogP contribution in [0.3, 0.4) is 0 Å². The van der Waals surface area contributed by atoms with Crippen LogP contribution in [0.15, 0.2) is 48.7 Å². The summed E-state index contributed by atoms with van der Waals surface area (Å²) in [5.41, 5.74) is 2.89. The number of carbonyl (C=O) groups excluding carboxylic acids is 1. The van der Waals surface area contributed by atoms with E-state index in [-0.39, 0.29) is 10.9 Å². The number of anilines is 3. The van der Waals surface area contributed by atoms with Gasteiger partial charge in [0.05, 0.1) is 5.02 Å². The van der Waals surface area contributed by atoms with Crippen LogP contribution in [0.2, 0.25) is 5.02 Å². The zero-order valence-electron chi connectivity index (χ0n) is 19.2. The Balaban J connectivity index is 1.87. The molecule has 0 radical (unpaired) electrons. The van der Waals surface area contributed by atoms with Gasteiger partial charge in [0.15, 0.2) is 0 Å². The standard InChI is InChI=1S/C24H28ClFN6O/c1-31(2)13-5-12-27-22-19(16-6-8-17(9-7-16)23(33)32(3)4)15-28-24(30-22)29-18-10-11-21(26)20(25)14-18/h6-11,14-15H,5,12-13H2,1-4H3,(H2,27,28,29,30). The maximum Gasteiger partial charge on any atom is 0.253 e. The van der Waals surface area contributed by atoms with Crippen molar-refractivity contribution in [3.05, 3.63) is 65.1 Å². The van der Waals surface area contributed by atoms with Crippen LogP contribution in [-0.2, 0) is 0 Å². The first-order valence-electron chi connectivity index (χ1n) is 10.5. The number of hydrogen-bond donors (Lipinski definition) is 2. The lowest BCUT2D eigenvalue weighted by Gasteiger charge is -2.15. The monoisotopic (exact) mass is 470 g/mol. The number of halogens is 2. The SMILES string of the molecule is CN(C)CCCNc1nc(Nc2ccc(F)c(Cl)c2)ncc1-c1ccc(C(=O)N(C)C)cc1. The first-order valence-corrected chi connectivity index (χ1v) is 10.9. The molecule has 174 valence electrons. The van der Waals surface area contributed by atoms with Crippen molar-refractivity contribution >= 4 is 35.0 Å². The molecule has 2 N–H and O–H groups in total. The van der Waals surface area contributed by atoms with Gasteiger partial charge in [0.1, 0.15) is 11.6 Å². The van der Waals surface area contributed by atoms with E-state index in [1.54, 1.807) is 38.5 Å². The topological polar surface area (TPSA) is 73.4 Å². The molecular weight excluding hydrogens is 443 g/mol. The summed E-state index contributed by atoms with van der Waals surface area (Å²) in [6, 6.07) is 11.7. The Morgan fingerprint density at radius 2 is 1.82 bits per heavy atom.